The molecule has 15 heavy (non-hydrogen) atoms. The monoisotopic (exact) mass is 234 g/mol. The minimum Gasteiger partial charge on any atom is -0.479 e. The van der Waals surface area contributed by atoms with Gasteiger partial charge in [-0.2, -0.15) is 0 Å². The lowest BCUT2D eigenvalue weighted by Crippen LogP contribution is -2.12. The molecule has 0 atom stereocenters. The molecule has 0 aromatic carbocycles. The van der Waals surface area contributed by atoms with Gasteiger partial charge in [-0.25, -0.2) is 0 Å². The first kappa shape index (κ1) is 12.2. The predicted octanol–water partition coefficient (Wildman–Crippen LogP) is 0.848. The molecule has 7 heteroatoms. The second kappa shape index (κ2) is 4.35. The van der Waals surface area contributed by atoms with Gasteiger partial charge in [-0.05, 0) is 6.92 Å². The van der Waals surface area contributed by atoms with Gasteiger partial charge in [0.15, 0.2) is 0 Å². The molecular formula is C8H15N2O4P. The Kier molecular flexibility index (Phi) is 3.54. The van der Waals surface area contributed by atoms with Crippen molar-refractivity contribution < 1.29 is 18.3 Å². The van der Waals surface area contributed by atoms with Crippen molar-refractivity contribution in [2.75, 3.05) is 21.3 Å². The molecule has 0 N–H and O–H groups in total. The molecule has 0 bridgehead atoms. The zero-order chi connectivity index (χ0) is 11.6. The Labute approximate surface area is 88.7 Å². The maximum Gasteiger partial charge on any atom is 0.368 e. The molecule has 0 aliphatic carbocycles. The summed E-state index contributed by atoms with van der Waals surface area (Å²) in [4.78, 5) is 0. The van der Waals surface area contributed by atoms with Gasteiger partial charge in [-0.3, -0.25) is 9.25 Å². The smallest absolute Gasteiger partial charge is 0.368 e. The van der Waals surface area contributed by atoms with Crippen LogP contribution in [0.2, 0.25) is 0 Å². The summed E-state index contributed by atoms with van der Waals surface area (Å²) in [5.74, 6) is 0.266. The van der Waals surface area contributed by atoms with Crippen LogP contribution >= 0.6 is 7.60 Å². The Bertz CT molecular complexity index is 394. The van der Waals surface area contributed by atoms with Crippen LogP contribution in [0.25, 0.3) is 0 Å². The van der Waals surface area contributed by atoms with Crippen LogP contribution < -0.4 is 10.0 Å². The van der Waals surface area contributed by atoms with Gasteiger partial charge in [0.05, 0.1) is 12.8 Å². The Balaban J connectivity index is 3.40. The van der Waals surface area contributed by atoms with E-state index < -0.39 is 7.60 Å². The minimum atomic E-state index is -3.31. The first-order valence-corrected chi connectivity index (χ1v) is 5.84. The predicted molar refractivity (Wildman–Crippen MR) is 55.8 cm³/mol. The molecular weight excluding hydrogens is 219 g/mol. The van der Waals surface area contributed by atoms with Crippen molar-refractivity contribution >= 4 is 12.9 Å². The Morgan fingerprint density at radius 1 is 1.27 bits per heavy atom. The highest BCUT2D eigenvalue weighted by molar-refractivity contribution is 7.62. The summed E-state index contributed by atoms with van der Waals surface area (Å²) in [7, 11) is 2.54. The molecule has 0 radical (unpaired) electrons. The highest BCUT2D eigenvalue weighted by atomic mass is 31.2. The lowest BCUT2D eigenvalue weighted by atomic mass is 10.5. The van der Waals surface area contributed by atoms with Crippen LogP contribution in [-0.4, -0.2) is 31.1 Å². The summed E-state index contributed by atoms with van der Waals surface area (Å²) in [6.07, 6.45) is 0. The molecule has 86 valence electrons. The molecule has 0 spiro atoms. The van der Waals surface area contributed by atoms with Crippen LogP contribution in [-0.2, 0) is 20.7 Å². The fourth-order valence-corrected chi connectivity index (χ4v) is 2.70. The van der Waals surface area contributed by atoms with Crippen LogP contribution in [0.3, 0.4) is 0 Å². The second-order valence-corrected chi connectivity index (χ2v) is 5.10. The van der Waals surface area contributed by atoms with Crippen LogP contribution in [0.5, 0.6) is 5.88 Å². The van der Waals surface area contributed by atoms with E-state index in [0.29, 0.717) is 11.0 Å². The SMILES string of the molecule is COc1nn(C)c(C)c1P(=O)(OC)OC. The van der Waals surface area contributed by atoms with Crippen molar-refractivity contribution in [3.05, 3.63) is 5.69 Å². The molecule has 0 aliphatic rings. The number of hydrogen-bond donors (Lipinski definition) is 0. The van der Waals surface area contributed by atoms with E-state index in [-0.39, 0.29) is 5.88 Å². The van der Waals surface area contributed by atoms with Gasteiger partial charge in [-0.1, -0.05) is 0 Å². The van der Waals surface area contributed by atoms with Gasteiger partial charge in [-0.15, -0.1) is 5.10 Å². The van der Waals surface area contributed by atoms with Crippen molar-refractivity contribution in [2.24, 2.45) is 7.05 Å². The van der Waals surface area contributed by atoms with Gasteiger partial charge in [0, 0.05) is 21.3 Å². The van der Waals surface area contributed by atoms with E-state index in [2.05, 4.69) is 5.10 Å². The summed E-state index contributed by atoms with van der Waals surface area (Å²) >= 11 is 0. The standard InChI is InChI=1S/C8H15N2O4P/c1-6-7(15(11,13-4)14-5)8(12-3)9-10(6)2/h1-5H3. The molecule has 0 aliphatic heterocycles. The average molecular weight is 234 g/mol. The minimum absolute atomic E-state index is 0.266. The molecule has 1 aromatic rings. The number of ether oxygens (including phenoxy) is 1. The summed E-state index contributed by atoms with van der Waals surface area (Å²) < 4.78 is 28.6. The Morgan fingerprint density at radius 3 is 2.20 bits per heavy atom. The molecule has 0 unspecified atom stereocenters. The van der Waals surface area contributed by atoms with Gasteiger partial charge < -0.3 is 13.8 Å². The van der Waals surface area contributed by atoms with Gasteiger partial charge in [0.2, 0.25) is 5.88 Å². The first-order chi connectivity index (χ1) is 7.00. The lowest BCUT2D eigenvalue weighted by molar-refractivity contribution is 0.285. The van der Waals surface area contributed by atoms with E-state index in [4.69, 9.17) is 13.8 Å². The number of nitrogens with zero attached hydrogens (tertiary/aromatic N) is 2. The number of aromatic nitrogens is 2. The van der Waals surface area contributed by atoms with Gasteiger partial charge in [0.1, 0.15) is 5.30 Å². The largest absolute Gasteiger partial charge is 0.479 e. The quantitative estimate of drug-likeness (QED) is 0.722. The fraction of sp³-hybridized carbons (Fsp3) is 0.625. The third kappa shape index (κ3) is 1.93. The van der Waals surface area contributed by atoms with Gasteiger partial charge in [0.25, 0.3) is 0 Å². The number of rotatable bonds is 4. The third-order valence-electron chi connectivity index (χ3n) is 2.22. The average Bonchev–Trinajstić information content (AvgIpc) is 2.54. The van der Waals surface area contributed by atoms with Crippen LogP contribution in [0.4, 0.5) is 0 Å². The van der Waals surface area contributed by atoms with Crippen molar-refractivity contribution in [1.29, 1.82) is 0 Å². The summed E-state index contributed by atoms with van der Waals surface area (Å²) in [6.45, 7) is 1.77. The van der Waals surface area contributed by atoms with Gasteiger partial charge >= 0.3 is 7.60 Å². The van der Waals surface area contributed by atoms with E-state index in [1.165, 1.54) is 21.3 Å². The van der Waals surface area contributed by atoms with Crippen molar-refractivity contribution in [1.82, 2.24) is 9.78 Å². The molecule has 0 saturated carbocycles. The van der Waals surface area contributed by atoms with Crippen LogP contribution in [0.15, 0.2) is 0 Å². The van der Waals surface area contributed by atoms with Crippen LogP contribution in [0, 0.1) is 6.92 Å². The zero-order valence-corrected chi connectivity index (χ0v) is 10.4. The van der Waals surface area contributed by atoms with E-state index in [9.17, 15) is 4.57 Å². The maximum atomic E-state index is 12.2. The third-order valence-corrected chi connectivity index (χ3v) is 4.24. The zero-order valence-electron chi connectivity index (χ0n) is 9.47. The summed E-state index contributed by atoms with van der Waals surface area (Å²) in [6, 6.07) is 0. The van der Waals surface area contributed by atoms with E-state index in [1.54, 1.807) is 18.7 Å². The molecule has 6 nitrogen and oxygen atoms in total. The molecule has 0 fully saturated rings. The summed E-state index contributed by atoms with van der Waals surface area (Å²) in [5, 5.41) is 4.43. The molecule has 1 aromatic heterocycles. The lowest BCUT2D eigenvalue weighted by Gasteiger charge is -2.13. The van der Waals surface area contributed by atoms with E-state index in [1.807, 2.05) is 0 Å². The topological polar surface area (TPSA) is 62.6 Å². The molecule has 0 amide bonds. The number of aryl methyl sites for hydroxylation is 1. The molecule has 0 saturated heterocycles. The highest BCUT2D eigenvalue weighted by Gasteiger charge is 2.34. The Morgan fingerprint density at radius 2 is 1.80 bits per heavy atom. The van der Waals surface area contributed by atoms with Crippen molar-refractivity contribution in [2.45, 2.75) is 6.92 Å². The first-order valence-electron chi connectivity index (χ1n) is 4.29. The number of hydrogen-bond acceptors (Lipinski definition) is 5. The van der Waals surface area contributed by atoms with Crippen molar-refractivity contribution in [3.8, 4) is 5.88 Å². The highest BCUT2D eigenvalue weighted by Crippen LogP contribution is 2.48. The normalized spacial score (nSPS) is 11.8. The van der Waals surface area contributed by atoms with E-state index in [0.717, 1.165) is 0 Å². The summed E-state index contributed by atoms with van der Waals surface area (Å²) in [5.41, 5.74) is 0.693. The second-order valence-electron chi connectivity index (χ2n) is 2.93. The fourth-order valence-electron chi connectivity index (χ4n) is 1.28. The van der Waals surface area contributed by atoms with E-state index >= 15 is 0 Å². The maximum absolute atomic E-state index is 12.2. The molecule has 1 rings (SSSR count). The number of methoxy groups -OCH3 is 1. The van der Waals surface area contributed by atoms with Crippen molar-refractivity contribution in [3.63, 3.8) is 0 Å². The molecule has 1 heterocycles. The Hall–Kier alpha value is -0.840. The van der Waals surface area contributed by atoms with Crippen LogP contribution in [0.1, 0.15) is 5.69 Å².